The topological polar surface area (TPSA) is 78.8 Å². The zero-order chi connectivity index (χ0) is 20.0. The van der Waals surface area contributed by atoms with Crippen LogP contribution in [0.15, 0.2) is 24.3 Å². The van der Waals surface area contributed by atoms with Gasteiger partial charge in [0.25, 0.3) is 5.91 Å². The van der Waals surface area contributed by atoms with Gasteiger partial charge in [0.1, 0.15) is 5.75 Å². The van der Waals surface area contributed by atoms with E-state index in [1.54, 1.807) is 38.3 Å². The van der Waals surface area contributed by atoms with Gasteiger partial charge in [-0.1, -0.05) is 11.6 Å². The summed E-state index contributed by atoms with van der Waals surface area (Å²) in [5.74, 6) is -0.332. The smallest absolute Gasteiger partial charge is 0.340 e. The number of rotatable bonds is 8. The van der Waals surface area contributed by atoms with Gasteiger partial charge < -0.3 is 24.1 Å². The van der Waals surface area contributed by atoms with Crippen molar-refractivity contribution >= 4 is 23.5 Å². The molecule has 0 spiro atoms. The number of aryl methyl sites for hydroxylation is 1. The maximum Gasteiger partial charge on any atom is 0.340 e. The number of nitrogens with one attached hydrogen (secondary N) is 1. The summed E-state index contributed by atoms with van der Waals surface area (Å²) < 4.78 is 17.2. The van der Waals surface area contributed by atoms with Crippen LogP contribution < -0.4 is 10.1 Å². The quantitative estimate of drug-likeness (QED) is 0.550. The second kappa shape index (κ2) is 9.43. The zero-order valence-corrected chi connectivity index (χ0v) is 16.6. The Kier molecular flexibility index (Phi) is 7.27. The number of amides is 1. The first kappa shape index (κ1) is 20.8. The Balaban J connectivity index is 2.19. The van der Waals surface area contributed by atoms with Crippen molar-refractivity contribution in [2.45, 2.75) is 13.8 Å². The summed E-state index contributed by atoms with van der Waals surface area (Å²) in [6.07, 6.45) is 0. The Hall–Kier alpha value is -2.51. The summed E-state index contributed by atoms with van der Waals surface area (Å²) in [6.45, 7) is 4.05. The monoisotopic (exact) mass is 394 g/mol. The molecule has 1 aromatic carbocycles. The molecule has 2 aromatic rings. The van der Waals surface area contributed by atoms with E-state index in [-0.39, 0.29) is 12.5 Å². The van der Waals surface area contributed by atoms with Crippen LogP contribution >= 0.6 is 11.6 Å². The van der Waals surface area contributed by atoms with Crippen LogP contribution in [0.2, 0.25) is 5.02 Å². The molecule has 7 nitrogen and oxygen atoms in total. The zero-order valence-electron chi connectivity index (χ0n) is 15.8. The average Bonchev–Trinajstić information content (AvgIpc) is 2.94. The van der Waals surface area contributed by atoms with Crippen LogP contribution in [0.5, 0.6) is 5.75 Å². The summed E-state index contributed by atoms with van der Waals surface area (Å²) in [7, 11) is 3.11. The minimum atomic E-state index is -0.572. The number of carbonyl (C=O) groups is 2. The van der Waals surface area contributed by atoms with Gasteiger partial charge in [0, 0.05) is 30.1 Å². The molecule has 0 unspecified atom stereocenters. The number of hydrogen-bond acceptors (Lipinski definition) is 5. The van der Waals surface area contributed by atoms with Crippen LogP contribution in [0, 0.1) is 13.8 Å². The third-order valence-corrected chi connectivity index (χ3v) is 4.23. The number of carbonyl (C=O) groups excluding carboxylic acids is 2. The van der Waals surface area contributed by atoms with Gasteiger partial charge in [-0.25, -0.2) is 4.79 Å². The number of methoxy groups -OCH3 is 2. The Bertz CT molecular complexity index is 832. The number of hydrogen-bond donors (Lipinski definition) is 1. The lowest BCUT2D eigenvalue weighted by molar-refractivity contribution is -0.124. The molecular weight excluding hydrogens is 372 g/mol. The number of esters is 1. The first-order valence-corrected chi connectivity index (χ1v) is 8.72. The molecule has 0 aliphatic rings. The van der Waals surface area contributed by atoms with Crippen molar-refractivity contribution < 1.29 is 23.8 Å². The Morgan fingerprint density at radius 1 is 1.19 bits per heavy atom. The van der Waals surface area contributed by atoms with E-state index >= 15 is 0 Å². The van der Waals surface area contributed by atoms with E-state index in [0.717, 1.165) is 11.4 Å². The summed E-state index contributed by atoms with van der Waals surface area (Å²) >= 11 is 6.12. The minimum absolute atomic E-state index is 0.354. The largest absolute Gasteiger partial charge is 0.495 e. The van der Waals surface area contributed by atoms with Crippen LogP contribution in [-0.2, 0) is 14.3 Å². The number of aromatic nitrogens is 1. The van der Waals surface area contributed by atoms with Gasteiger partial charge in [-0.05, 0) is 38.1 Å². The van der Waals surface area contributed by atoms with Crippen LogP contribution in [0.25, 0.3) is 5.69 Å². The summed E-state index contributed by atoms with van der Waals surface area (Å²) in [6, 6.07) is 6.97. The number of benzene rings is 1. The van der Waals surface area contributed by atoms with Gasteiger partial charge in [0.2, 0.25) is 0 Å². The van der Waals surface area contributed by atoms with Gasteiger partial charge in [0.05, 0.1) is 25.0 Å². The Morgan fingerprint density at radius 2 is 1.93 bits per heavy atom. The molecule has 0 saturated heterocycles. The maximum absolute atomic E-state index is 12.4. The molecule has 0 bridgehead atoms. The van der Waals surface area contributed by atoms with E-state index in [2.05, 4.69) is 5.32 Å². The second-order valence-corrected chi connectivity index (χ2v) is 6.29. The lowest BCUT2D eigenvalue weighted by atomic mass is 10.2. The molecule has 8 heteroatoms. The molecule has 1 heterocycles. The number of ether oxygens (including phenoxy) is 3. The van der Waals surface area contributed by atoms with Gasteiger partial charge in [-0.3, -0.25) is 4.79 Å². The number of nitrogens with zero attached hydrogens (tertiary/aromatic N) is 1. The van der Waals surface area contributed by atoms with Gasteiger partial charge in [-0.15, -0.1) is 0 Å². The van der Waals surface area contributed by atoms with Crippen LogP contribution in [-0.4, -0.2) is 50.4 Å². The van der Waals surface area contributed by atoms with Crippen molar-refractivity contribution in [2.24, 2.45) is 0 Å². The molecule has 2 rings (SSSR count). The van der Waals surface area contributed by atoms with Crippen molar-refractivity contribution in [1.29, 1.82) is 0 Å². The van der Waals surface area contributed by atoms with Crippen molar-refractivity contribution in [3.63, 3.8) is 0 Å². The first-order valence-electron chi connectivity index (χ1n) is 8.34. The predicted molar refractivity (Wildman–Crippen MR) is 102 cm³/mol. The molecule has 0 radical (unpaired) electrons. The van der Waals surface area contributed by atoms with Crippen molar-refractivity contribution in [3.8, 4) is 11.4 Å². The average molecular weight is 395 g/mol. The minimum Gasteiger partial charge on any atom is -0.495 e. The molecule has 1 amide bonds. The highest BCUT2D eigenvalue weighted by Gasteiger charge is 2.20. The molecule has 146 valence electrons. The SMILES string of the molecule is COCCNC(=O)COC(=O)c1cc(C)n(-c2cc(Cl)ccc2OC)c1C. The summed E-state index contributed by atoms with van der Waals surface area (Å²) in [5, 5.41) is 3.14. The molecule has 0 aliphatic heterocycles. The van der Waals surface area contributed by atoms with E-state index in [9.17, 15) is 9.59 Å². The molecule has 27 heavy (non-hydrogen) atoms. The molecule has 0 fully saturated rings. The van der Waals surface area contributed by atoms with Crippen LogP contribution in [0.3, 0.4) is 0 Å². The molecule has 0 saturated carbocycles. The Morgan fingerprint density at radius 3 is 2.59 bits per heavy atom. The van der Waals surface area contributed by atoms with Crippen molar-refractivity contribution in [1.82, 2.24) is 9.88 Å². The standard InChI is InChI=1S/C19H23ClN2O5/c1-12-9-15(19(24)27-11-18(23)21-7-8-25-3)13(2)22(12)16-10-14(20)5-6-17(16)26-4/h5-6,9-10H,7-8,11H2,1-4H3,(H,21,23). The fourth-order valence-electron chi connectivity index (χ4n) is 2.73. The molecule has 1 N–H and O–H groups in total. The predicted octanol–water partition coefficient (Wildman–Crippen LogP) is 2.68. The Labute approximate surface area is 163 Å². The molecule has 1 aromatic heterocycles. The molecule has 0 atom stereocenters. The third-order valence-electron chi connectivity index (χ3n) is 4.00. The van der Waals surface area contributed by atoms with Gasteiger partial charge in [-0.2, -0.15) is 0 Å². The molecule has 0 aliphatic carbocycles. The van der Waals surface area contributed by atoms with E-state index in [4.69, 9.17) is 25.8 Å². The maximum atomic E-state index is 12.4. The highest BCUT2D eigenvalue weighted by Crippen LogP contribution is 2.30. The fourth-order valence-corrected chi connectivity index (χ4v) is 2.90. The van der Waals surface area contributed by atoms with Crippen molar-refractivity contribution in [2.75, 3.05) is 34.0 Å². The number of halogens is 1. The lowest BCUT2D eigenvalue weighted by Crippen LogP contribution is -2.31. The second-order valence-electron chi connectivity index (χ2n) is 5.86. The van der Waals surface area contributed by atoms with E-state index in [1.807, 2.05) is 11.5 Å². The van der Waals surface area contributed by atoms with Crippen LogP contribution in [0.4, 0.5) is 0 Å². The lowest BCUT2D eigenvalue weighted by Gasteiger charge is -2.14. The van der Waals surface area contributed by atoms with Crippen LogP contribution in [0.1, 0.15) is 21.7 Å². The fraction of sp³-hybridized carbons (Fsp3) is 0.368. The molecular formula is C19H23ClN2O5. The highest BCUT2D eigenvalue weighted by atomic mass is 35.5. The van der Waals surface area contributed by atoms with E-state index in [1.165, 1.54) is 7.11 Å². The normalized spacial score (nSPS) is 10.6. The van der Waals surface area contributed by atoms with Gasteiger partial charge in [0.15, 0.2) is 6.61 Å². The van der Waals surface area contributed by atoms with E-state index in [0.29, 0.717) is 35.2 Å². The van der Waals surface area contributed by atoms with Gasteiger partial charge >= 0.3 is 5.97 Å². The van der Waals surface area contributed by atoms with Crippen molar-refractivity contribution in [3.05, 3.63) is 46.2 Å². The van der Waals surface area contributed by atoms with E-state index < -0.39 is 5.97 Å². The summed E-state index contributed by atoms with van der Waals surface area (Å²) in [4.78, 5) is 24.1. The third kappa shape index (κ3) is 5.02. The summed E-state index contributed by atoms with van der Waals surface area (Å²) in [5.41, 5.74) is 2.57. The highest BCUT2D eigenvalue weighted by molar-refractivity contribution is 6.30. The first-order chi connectivity index (χ1) is 12.9.